The molecular weight excluding hydrogens is 417 g/mol. The molecule has 0 aromatic heterocycles. The van der Waals surface area contributed by atoms with Crippen molar-refractivity contribution < 1.29 is 36.6 Å². The number of halogens is 3. The average Bonchev–Trinajstić information content (AvgIpc) is 2.59. The number of esters is 1. The second-order valence-electron chi connectivity index (χ2n) is 7.16. The number of nitro groups is 1. The Morgan fingerprint density at radius 3 is 2.24 bits per heavy atom. The maximum atomic E-state index is 15.1. The number of methoxy groups -OCH3 is 1. The molecule has 0 aliphatic rings. The van der Waals surface area contributed by atoms with Gasteiger partial charge in [0.15, 0.2) is 5.75 Å². The van der Waals surface area contributed by atoms with Gasteiger partial charge in [-0.3, -0.25) is 10.1 Å². The molecule has 8 nitrogen and oxygen atoms in total. The molecule has 0 heterocycles. The highest BCUT2D eigenvalue weighted by atomic mass is 32.2. The number of hydrogen-bond donors (Lipinski definition) is 1. The Hall–Kier alpha value is -2.21. The number of carbonyl (C=O) groups is 1. The van der Waals surface area contributed by atoms with Gasteiger partial charge in [0.25, 0.3) is 0 Å². The molecule has 2 unspecified atom stereocenters. The first-order valence-corrected chi connectivity index (χ1v) is 9.55. The van der Waals surface area contributed by atoms with Crippen molar-refractivity contribution >= 4 is 22.6 Å². The van der Waals surface area contributed by atoms with E-state index in [1.807, 2.05) is 0 Å². The molecule has 164 valence electrons. The van der Waals surface area contributed by atoms with Crippen LogP contribution >= 0.6 is 0 Å². The highest BCUT2D eigenvalue weighted by molar-refractivity contribution is 7.84. The van der Waals surface area contributed by atoms with Gasteiger partial charge in [-0.1, -0.05) is 0 Å². The van der Waals surface area contributed by atoms with E-state index in [1.54, 1.807) is 0 Å². The van der Waals surface area contributed by atoms with Crippen molar-refractivity contribution in [2.24, 2.45) is 0 Å². The predicted molar refractivity (Wildman–Crippen MR) is 99.6 cm³/mol. The molecule has 1 rings (SSSR count). The lowest BCUT2D eigenvalue weighted by Crippen LogP contribution is -2.60. The molecular formula is C17H23F3N2O6S. The maximum absolute atomic E-state index is 15.1. The van der Waals surface area contributed by atoms with Gasteiger partial charge in [0.1, 0.15) is 11.4 Å². The number of alkyl halides is 2. The summed E-state index contributed by atoms with van der Waals surface area (Å²) in [7, 11) is -1.17. The second kappa shape index (κ2) is 8.66. The van der Waals surface area contributed by atoms with Crippen molar-refractivity contribution in [1.29, 1.82) is 0 Å². The molecule has 2 atom stereocenters. The molecule has 0 saturated heterocycles. The topological polar surface area (TPSA) is 108 Å². The molecule has 12 heteroatoms. The minimum absolute atomic E-state index is 0.391. The van der Waals surface area contributed by atoms with Gasteiger partial charge < -0.3 is 9.47 Å². The smallest absolute Gasteiger partial charge is 0.379 e. The molecule has 0 bridgehead atoms. The molecule has 0 fully saturated rings. The first kappa shape index (κ1) is 24.8. The quantitative estimate of drug-likeness (QED) is 0.378. The SMILES string of the molecule is CCOC(=O)C(F)(F)C(C)(NS(=O)C(C)(C)C)c1cc([N+](=O)[O-])c(OC)cc1F. The lowest BCUT2D eigenvalue weighted by atomic mass is 9.85. The summed E-state index contributed by atoms with van der Waals surface area (Å²) < 4.78 is 67.8. The Morgan fingerprint density at radius 2 is 1.83 bits per heavy atom. The Kier molecular flexibility index (Phi) is 7.41. The number of ether oxygens (including phenoxy) is 2. The number of benzene rings is 1. The number of nitro benzene ring substituents is 1. The van der Waals surface area contributed by atoms with Crippen molar-refractivity contribution in [3.05, 3.63) is 33.6 Å². The lowest BCUT2D eigenvalue weighted by Gasteiger charge is -2.38. The average molecular weight is 440 g/mol. The highest BCUT2D eigenvalue weighted by Crippen LogP contribution is 2.43. The Balaban J connectivity index is 3.82. The number of hydrogen-bond acceptors (Lipinski definition) is 6. The Morgan fingerprint density at radius 1 is 1.28 bits per heavy atom. The zero-order chi connectivity index (χ0) is 22.8. The molecule has 29 heavy (non-hydrogen) atoms. The van der Waals surface area contributed by atoms with Crippen LogP contribution in [0.1, 0.15) is 40.2 Å². The van der Waals surface area contributed by atoms with Gasteiger partial charge in [-0.05, 0) is 34.6 Å². The molecule has 0 saturated carbocycles. The predicted octanol–water partition coefficient (Wildman–Crippen LogP) is 3.21. The molecule has 1 N–H and O–H groups in total. The van der Waals surface area contributed by atoms with Crippen LogP contribution in [0.2, 0.25) is 0 Å². The van der Waals surface area contributed by atoms with Crippen LogP contribution in [0.3, 0.4) is 0 Å². The first-order chi connectivity index (χ1) is 13.1. The summed E-state index contributed by atoms with van der Waals surface area (Å²) in [6, 6.07) is 1.07. The van der Waals surface area contributed by atoms with Crippen molar-refractivity contribution in [3.8, 4) is 5.75 Å². The number of rotatable bonds is 8. The van der Waals surface area contributed by atoms with Crippen LogP contribution in [-0.2, 0) is 26.1 Å². The fourth-order valence-corrected chi connectivity index (χ4v) is 3.20. The fraction of sp³-hybridized carbons (Fsp3) is 0.588. The van der Waals surface area contributed by atoms with Crippen molar-refractivity contribution in [2.75, 3.05) is 13.7 Å². The van der Waals surface area contributed by atoms with Crippen LogP contribution < -0.4 is 9.46 Å². The van der Waals surface area contributed by atoms with Crippen molar-refractivity contribution in [2.45, 2.75) is 50.8 Å². The van der Waals surface area contributed by atoms with E-state index in [4.69, 9.17) is 4.74 Å². The van der Waals surface area contributed by atoms with Crippen LogP contribution in [0.25, 0.3) is 0 Å². The maximum Gasteiger partial charge on any atom is 0.379 e. The third-order valence-electron chi connectivity index (χ3n) is 4.02. The minimum atomic E-state index is -4.44. The summed E-state index contributed by atoms with van der Waals surface area (Å²) in [6.45, 7) is 6.02. The largest absolute Gasteiger partial charge is 0.490 e. The van der Waals surface area contributed by atoms with E-state index in [0.717, 1.165) is 14.0 Å². The molecule has 0 aliphatic carbocycles. The lowest BCUT2D eigenvalue weighted by molar-refractivity contribution is -0.385. The molecule has 0 radical (unpaired) electrons. The summed E-state index contributed by atoms with van der Waals surface area (Å²) >= 11 is 0. The van der Waals surface area contributed by atoms with Gasteiger partial charge >= 0.3 is 17.6 Å². The van der Waals surface area contributed by atoms with E-state index in [1.165, 1.54) is 27.7 Å². The van der Waals surface area contributed by atoms with Crippen LogP contribution in [-0.4, -0.2) is 39.5 Å². The fourth-order valence-electron chi connectivity index (χ4n) is 2.29. The first-order valence-electron chi connectivity index (χ1n) is 8.40. The Labute approximate surface area is 168 Å². The van der Waals surface area contributed by atoms with Gasteiger partial charge in [-0.15, -0.1) is 0 Å². The van der Waals surface area contributed by atoms with Gasteiger partial charge in [-0.25, -0.2) is 18.1 Å². The van der Waals surface area contributed by atoms with Crippen LogP contribution in [0, 0.1) is 15.9 Å². The van der Waals surface area contributed by atoms with E-state index in [-0.39, 0.29) is 0 Å². The second-order valence-corrected chi connectivity index (χ2v) is 9.13. The summed E-state index contributed by atoms with van der Waals surface area (Å²) in [4.78, 5) is 22.3. The van der Waals surface area contributed by atoms with Gasteiger partial charge in [-0.2, -0.15) is 8.78 Å². The summed E-state index contributed by atoms with van der Waals surface area (Å²) in [5.41, 5.74) is -4.70. The van der Waals surface area contributed by atoms with E-state index >= 15 is 8.78 Å². The van der Waals surface area contributed by atoms with Crippen LogP contribution in [0.5, 0.6) is 5.75 Å². The molecule has 0 spiro atoms. The zero-order valence-electron chi connectivity index (χ0n) is 16.8. The summed E-state index contributed by atoms with van der Waals surface area (Å²) in [5.74, 6) is -8.26. The summed E-state index contributed by atoms with van der Waals surface area (Å²) in [6.07, 6.45) is 0. The molecule has 0 amide bonds. The number of nitrogens with one attached hydrogen (secondary N) is 1. The monoisotopic (exact) mass is 440 g/mol. The minimum Gasteiger partial charge on any atom is -0.490 e. The standard InChI is InChI=1S/C17H23F3N2O6S/c1-7-28-14(23)17(19,20)16(5,21-29(26)15(2,3)4)10-8-12(22(24)25)13(27-6)9-11(10)18/h8-9,21H,7H2,1-6H3. The van der Waals surface area contributed by atoms with E-state index in [0.29, 0.717) is 12.1 Å². The third-order valence-corrected chi connectivity index (χ3v) is 5.72. The number of nitrogens with zero attached hydrogens (tertiary/aromatic N) is 1. The van der Waals surface area contributed by atoms with Crippen LogP contribution in [0.4, 0.5) is 18.9 Å². The van der Waals surface area contributed by atoms with E-state index in [2.05, 4.69) is 9.46 Å². The van der Waals surface area contributed by atoms with Crippen LogP contribution in [0.15, 0.2) is 12.1 Å². The normalized spacial score (nSPS) is 15.3. The van der Waals surface area contributed by atoms with Gasteiger partial charge in [0, 0.05) is 17.7 Å². The summed E-state index contributed by atoms with van der Waals surface area (Å²) in [5, 5.41) is 11.3. The molecule has 1 aromatic carbocycles. The number of carbonyl (C=O) groups excluding carboxylic acids is 1. The van der Waals surface area contributed by atoms with Crippen molar-refractivity contribution in [3.63, 3.8) is 0 Å². The van der Waals surface area contributed by atoms with E-state index in [9.17, 15) is 23.5 Å². The zero-order valence-corrected chi connectivity index (χ0v) is 17.6. The third kappa shape index (κ3) is 4.86. The van der Waals surface area contributed by atoms with Gasteiger partial charge in [0.2, 0.25) is 0 Å². The highest BCUT2D eigenvalue weighted by Gasteiger charge is 2.61. The molecule has 0 aliphatic heterocycles. The van der Waals surface area contributed by atoms with Gasteiger partial charge in [0.05, 0.1) is 34.4 Å². The Bertz CT molecular complexity index is 828. The molecule has 1 aromatic rings. The van der Waals surface area contributed by atoms with Crippen molar-refractivity contribution in [1.82, 2.24) is 4.72 Å². The van der Waals surface area contributed by atoms with E-state index < -0.39 is 67.5 Å².